The quantitative estimate of drug-likeness (QED) is 0.592. The summed E-state index contributed by atoms with van der Waals surface area (Å²) in [5, 5.41) is 0. The highest BCUT2D eigenvalue weighted by Gasteiger charge is 2.31. The van der Waals surface area contributed by atoms with Crippen LogP contribution in [0.1, 0.15) is 39.5 Å². The lowest BCUT2D eigenvalue weighted by Crippen LogP contribution is -2.28. The minimum absolute atomic E-state index is 0.844. The average molecular weight is 234 g/mol. The molecule has 0 spiro atoms. The summed E-state index contributed by atoms with van der Waals surface area (Å²) in [5.41, 5.74) is 5.22. The van der Waals surface area contributed by atoms with E-state index in [0.717, 1.165) is 5.92 Å². The van der Waals surface area contributed by atoms with Crippen LogP contribution in [-0.2, 0) is 0 Å². The standard InChI is InChI=1S/C15H26Si/c1-5-16(3,4)11-15-12(2)10-13-8-6-7-9-14(13)15/h10,15H,5-9,11H2,1-4H3. The Labute approximate surface area is 102 Å². The van der Waals surface area contributed by atoms with Crippen molar-refractivity contribution in [2.45, 2.75) is 64.7 Å². The maximum atomic E-state index is 2.56. The van der Waals surface area contributed by atoms with Crippen LogP contribution in [0.3, 0.4) is 0 Å². The summed E-state index contributed by atoms with van der Waals surface area (Å²) in [6, 6.07) is 2.92. The van der Waals surface area contributed by atoms with Crippen LogP contribution in [0.5, 0.6) is 0 Å². The van der Waals surface area contributed by atoms with Gasteiger partial charge in [0.05, 0.1) is 0 Å². The third kappa shape index (κ3) is 2.34. The maximum Gasteiger partial charge on any atom is 0.0480 e. The van der Waals surface area contributed by atoms with Crippen LogP contribution in [0, 0.1) is 5.92 Å². The average Bonchev–Trinajstić information content (AvgIpc) is 2.56. The Morgan fingerprint density at radius 2 is 1.94 bits per heavy atom. The Kier molecular flexibility index (Phi) is 3.44. The monoisotopic (exact) mass is 234 g/mol. The predicted octanol–water partition coefficient (Wildman–Crippen LogP) is 5.16. The molecule has 0 aliphatic heterocycles. The summed E-state index contributed by atoms with van der Waals surface area (Å²) >= 11 is 0. The van der Waals surface area contributed by atoms with E-state index in [2.05, 4.69) is 33.0 Å². The van der Waals surface area contributed by atoms with Crippen molar-refractivity contribution in [2.75, 3.05) is 0 Å². The van der Waals surface area contributed by atoms with E-state index in [1.165, 1.54) is 37.8 Å². The van der Waals surface area contributed by atoms with Crippen molar-refractivity contribution < 1.29 is 0 Å². The van der Waals surface area contributed by atoms with Crippen molar-refractivity contribution in [1.29, 1.82) is 0 Å². The highest BCUT2D eigenvalue weighted by Crippen LogP contribution is 2.44. The van der Waals surface area contributed by atoms with Gasteiger partial charge in [-0.25, -0.2) is 0 Å². The van der Waals surface area contributed by atoms with Gasteiger partial charge in [-0.1, -0.05) is 43.3 Å². The number of allylic oxidation sites excluding steroid dienone is 4. The zero-order valence-electron chi connectivity index (χ0n) is 11.4. The number of hydrogen-bond acceptors (Lipinski definition) is 0. The first-order chi connectivity index (χ1) is 7.53. The summed E-state index contributed by atoms with van der Waals surface area (Å²) in [4.78, 5) is 0. The Balaban J connectivity index is 2.15. The van der Waals surface area contributed by atoms with Gasteiger partial charge in [0.15, 0.2) is 0 Å². The SMILES string of the molecule is CC[Si](C)(C)CC1C(C)=CC2=C1CCCC2. The van der Waals surface area contributed by atoms with Crippen molar-refractivity contribution >= 4 is 8.07 Å². The summed E-state index contributed by atoms with van der Waals surface area (Å²) in [5.74, 6) is 0.844. The first kappa shape index (κ1) is 12.2. The fourth-order valence-electron chi connectivity index (χ4n) is 3.15. The molecule has 1 unspecified atom stereocenters. The van der Waals surface area contributed by atoms with E-state index in [0.29, 0.717) is 0 Å². The van der Waals surface area contributed by atoms with Gasteiger partial charge in [0.1, 0.15) is 0 Å². The first-order valence-electron chi connectivity index (χ1n) is 6.93. The van der Waals surface area contributed by atoms with E-state index in [1.54, 1.807) is 11.1 Å². The fourth-order valence-corrected chi connectivity index (χ4v) is 5.11. The zero-order chi connectivity index (χ0) is 11.8. The molecule has 0 N–H and O–H groups in total. The summed E-state index contributed by atoms with van der Waals surface area (Å²) in [6.07, 6.45) is 8.12. The summed E-state index contributed by atoms with van der Waals surface area (Å²) in [7, 11) is -0.935. The molecule has 0 nitrogen and oxygen atoms in total. The van der Waals surface area contributed by atoms with Crippen LogP contribution in [0.4, 0.5) is 0 Å². The Morgan fingerprint density at radius 1 is 1.25 bits per heavy atom. The molecular weight excluding hydrogens is 208 g/mol. The van der Waals surface area contributed by atoms with Crippen LogP contribution in [-0.4, -0.2) is 8.07 Å². The minimum atomic E-state index is -0.935. The molecule has 16 heavy (non-hydrogen) atoms. The van der Waals surface area contributed by atoms with E-state index in [4.69, 9.17) is 0 Å². The van der Waals surface area contributed by atoms with Gasteiger partial charge in [-0.05, 0) is 50.1 Å². The van der Waals surface area contributed by atoms with Crippen molar-refractivity contribution in [2.24, 2.45) is 5.92 Å². The van der Waals surface area contributed by atoms with Gasteiger partial charge in [-0.3, -0.25) is 0 Å². The van der Waals surface area contributed by atoms with Crippen molar-refractivity contribution in [3.8, 4) is 0 Å². The molecule has 0 radical (unpaired) electrons. The number of rotatable bonds is 3. The predicted molar refractivity (Wildman–Crippen MR) is 75.5 cm³/mol. The molecule has 0 aromatic heterocycles. The van der Waals surface area contributed by atoms with E-state index in [1.807, 2.05) is 5.57 Å². The second-order valence-corrected chi connectivity index (χ2v) is 11.9. The van der Waals surface area contributed by atoms with E-state index in [9.17, 15) is 0 Å². The van der Waals surface area contributed by atoms with Crippen molar-refractivity contribution in [3.05, 3.63) is 22.8 Å². The molecule has 2 aliphatic carbocycles. The van der Waals surface area contributed by atoms with Gasteiger partial charge in [-0.2, -0.15) is 0 Å². The lowest BCUT2D eigenvalue weighted by atomic mass is 9.88. The molecule has 1 atom stereocenters. The fraction of sp³-hybridized carbons (Fsp3) is 0.733. The lowest BCUT2D eigenvalue weighted by molar-refractivity contribution is 0.632. The van der Waals surface area contributed by atoms with Crippen molar-refractivity contribution in [3.63, 3.8) is 0 Å². The number of hydrogen-bond donors (Lipinski definition) is 0. The first-order valence-corrected chi connectivity index (χ1v) is 10.3. The van der Waals surface area contributed by atoms with Crippen LogP contribution in [0.15, 0.2) is 22.8 Å². The van der Waals surface area contributed by atoms with Crippen LogP contribution in [0.25, 0.3) is 0 Å². The lowest BCUT2D eigenvalue weighted by Gasteiger charge is -2.29. The van der Waals surface area contributed by atoms with Gasteiger partial charge in [-0.15, -0.1) is 0 Å². The summed E-state index contributed by atoms with van der Waals surface area (Å²) in [6.45, 7) is 9.86. The zero-order valence-corrected chi connectivity index (χ0v) is 12.4. The molecule has 1 heteroatoms. The molecular formula is C15H26Si. The minimum Gasteiger partial charge on any atom is -0.0693 e. The second-order valence-electron chi connectivity index (χ2n) is 6.42. The normalized spacial score (nSPS) is 25.8. The van der Waals surface area contributed by atoms with E-state index in [-0.39, 0.29) is 0 Å². The molecule has 0 aromatic carbocycles. The van der Waals surface area contributed by atoms with Crippen LogP contribution < -0.4 is 0 Å². The molecule has 90 valence electrons. The van der Waals surface area contributed by atoms with Gasteiger partial charge < -0.3 is 0 Å². The Bertz CT molecular complexity index is 333. The smallest absolute Gasteiger partial charge is 0.0480 e. The van der Waals surface area contributed by atoms with Gasteiger partial charge in [0.25, 0.3) is 0 Å². The van der Waals surface area contributed by atoms with Gasteiger partial charge in [0.2, 0.25) is 0 Å². The highest BCUT2D eigenvalue weighted by molar-refractivity contribution is 6.77. The topological polar surface area (TPSA) is 0 Å². The maximum absolute atomic E-state index is 2.56. The largest absolute Gasteiger partial charge is 0.0693 e. The van der Waals surface area contributed by atoms with Crippen molar-refractivity contribution in [1.82, 2.24) is 0 Å². The highest BCUT2D eigenvalue weighted by atomic mass is 28.3. The van der Waals surface area contributed by atoms with Gasteiger partial charge >= 0.3 is 0 Å². The third-order valence-electron chi connectivity index (χ3n) is 4.64. The molecule has 0 saturated heterocycles. The third-order valence-corrected chi connectivity index (χ3v) is 8.07. The molecule has 0 aromatic rings. The molecule has 0 bridgehead atoms. The Morgan fingerprint density at radius 3 is 2.62 bits per heavy atom. The molecule has 0 amide bonds. The Hall–Kier alpha value is -0.303. The van der Waals surface area contributed by atoms with E-state index < -0.39 is 8.07 Å². The molecule has 0 saturated carbocycles. The molecule has 0 heterocycles. The van der Waals surface area contributed by atoms with E-state index >= 15 is 0 Å². The summed E-state index contributed by atoms with van der Waals surface area (Å²) < 4.78 is 0. The molecule has 2 aliphatic rings. The molecule has 0 fully saturated rings. The van der Waals surface area contributed by atoms with Crippen LogP contribution in [0.2, 0.25) is 25.2 Å². The van der Waals surface area contributed by atoms with Gasteiger partial charge in [0, 0.05) is 8.07 Å². The molecule has 2 rings (SSSR count). The van der Waals surface area contributed by atoms with Crippen LogP contribution >= 0.6 is 0 Å². The second kappa shape index (κ2) is 4.52.